The standard InChI is InChI=1S/C23H27N3O3S/c1-6-7-12-29-22(28)17-8-10-19(11-9-17)26-15(2)13-18(16(26)3)14-20-21(27)25(5)23(30)24(20)4/h8-11,13-14H,6-7,12H2,1-5H3. The molecule has 1 aromatic carbocycles. The third-order valence-electron chi connectivity index (χ3n) is 5.31. The molecule has 1 aliphatic heterocycles. The van der Waals surface area contributed by atoms with E-state index in [2.05, 4.69) is 11.5 Å². The zero-order valence-electron chi connectivity index (χ0n) is 18.1. The first-order valence-corrected chi connectivity index (χ1v) is 10.4. The van der Waals surface area contributed by atoms with E-state index in [1.807, 2.05) is 38.1 Å². The lowest BCUT2D eigenvalue weighted by molar-refractivity contribution is -0.121. The van der Waals surface area contributed by atoms with Gasteiger partial charge in [-0.25, -0.2) is 4.79 Å². The lowest BCUT2D eigenvalue weighted by atomic mass is 10.2. The Morgan fingerprint density at radius 2 is 1.80 bits per heavy atom. The van der Waals surface area contributed by atoms with Crippen LogP contribution < -0.4 is 0 Å². The summed E-state index contributed by atoms with van der Waals surface area (Å²) in [6.45, 7) is 6.52. The van der Waals surface area contributed by atoms with Crippen molar-refractivity contribution in [2.75, 3.05) is 20.7 Å². The van der Waals surface area contributed by atoms with Crippen LogP contribution in [0.4, 0.5) is 0 Å². The first kappa shape index (κ1) is 21.8. The van der Waals surface area contributed by atoms with Gasteiger partial charge < -0.3 is 14.2 Å². The average molecular weight is 426 g/mol. The number of benzene rings is 1. The normalized spacial score (nSPS) is 15.4. The maximum absolute atomic E-state index is 12.5. The quantitative estimate of drug-likeness (QED) is 0.302. The minimum atomic E-state index is -0.302. The summed E-state index contributed by atoms with van der Waals surface area (Å²) in [5.74, 6) is -0.414. The Bertz CT molecular complexity index is 1020. The predicted octanol–water partition coefficient (Wildman–Crippen LogP) is 4.08. The molecule has 1 saturated heterocycles. The smallest absolute Gasteiger partial charge is 0.338 e. The maximum atomic E-state index is 12.5. The summed E-state index contributed by atoms with van der Waals surface area (Å²) in [5, 5.41) is 0.487. The molecule has 0 aliphatic carbocycles. The molecule has 1 amide bonds. The fourth-order valence-electron chi connectivity index (χ4n) is 3.51. The van der Waals surface area contributed by atoms with Gasteiger partial charge in [0.15, 0.2) is 5.11 Å². The lowest BCUT2D eigenvalue weighted by Crippen LogP contribution is -2.26. The Labute approximate surface area is 182 Å². The van der Waals surface area contributed by atoms with Crippen molar-refractivity contribution < 1.29 is 14.3 Å². The molecule has 1 aromatic heterocycles. The van der Waals surface area contributed by atoms with Gasteiger partial charge in [0.05, 0.1) is 12.2 Å². The largest absolute Gasteiger partial charge is 0.462 e. The number of ether oxygens (including phenoxy) is 1. The minimum absolute atomic E-state index is 0.113. The Morgan fingerprint density at radius 1 is 1.13 bits per heavy atom. The van der Waals surface area contributed by atoms with E-state index in [4.69, 9.17) is 17.0 Å². The number of unbranched alkanes of at least 4 members (excludes halogenated alkanes) is 1. The molecule has 0 bridgehead atoms. The van der Waals surface area contributed by atoms with Gasteiger partial charge in [0.1, 0.15) is 5.70 Å². The van der Waals surface area contributed by atoms with Crippen molar-refractivity contribution >= 4 is 35.3 Å². The highest BCUT2D eigenvalue weighted by atomic mass is 32.1. The molecule has 0 radical (unpaired) electrons. The van der Waals surface area contributed by atoms with Crippen LogP contribution in [0.15, 0.2) is 36.0 Å². The van der Waals surface area contributed by atoms with Gasteiger partial charge in [-0.15, -0.1) is 0 Å². The van der Waals surface area contributed by atoms with Crippen LogP contribution in [-0.2, 0) is 9.53 Å². The highest BCUT2D eigenvalue weighted by Crippen LogP contribution is 2.26. The van der Waals surface area contributed by atoms with Crippen LogP contribution >= 0.6 is 12.2 Å². The molecular formula is C23H27N3O3S. The van der Waals surface area contributed by atoms with Gasteiger partial charge in [0, 0.05) is 31.2 Å². The van der Waals surface area contributed by atoms with E-state index >= 15 is 0 Å². The molecule has 158 valence electrons. The van der Waals surface area contributed by atoms with Crippen molar-refractivity contribution in [2.45, 2.75) is 33.6 Å². The molecule has 3 rings (SSSR count). The van der Waals surface area contributed by atoms with Crippen molar-refractivity contribution in [1.82, 2.24) is 14.4 Å². The summed E-state index contributed by atoms with van der Waals surface area (Å²) in [5.41, 5.74) is 5.01. The lowest BCUT2D eigenvalue weighted by Gasteiger charge is -2.12. The summed E-state index contributed by atoms with van der Waals surface area (Å²) in [7, 11) is 3.48. The van der Waals surface area contributed by atoms with E-state index in [1.54, 1.807) is 31.1 Å². The second kappa shape index (κ2) is 8.83. The Balaban J connectivity index is 1.88. The summed E-state index contributed by atoms with van der Waals surface area (Å²) in [6.07, 6.45) is 3.72. The van der Waals surface area contributed by atoms with E-state index in [1.165, 1.54) is 4.90 Å². The fraction of sp³-hybridized carbons (Fsp3) is 0.348. The fourth-order valence-corrected chi connectivity index (χ4v) is 3.69. The highest BCUT2D eigenvalue weighted by Gasteiger charge is 2.33. The van der Waals surface area contributed by atoms with Crippen LogP contribution in [0.25, 0.3) is 11.8 Å². The monoisotopic (exact) mass is 425 g/mol. The maximum Gasteiger partial charge on any atom is 0.338 e. The number of aryl methyl sites for hydroxylation is 1. The molecule has 0 spiro atoms. The van der Waals surface area contributed by atoms with E-state index in [-0.39, 0.29) is 11.9 Å². The molecule has 0 atom stereocenters. The molecule has 2 aromatic rings. The van der Waals surface area contributed by atoms with Crippen LogP contribution in [0.3, 0.4) is 0 Å². The summed E-state index contributed by atoms with van der Waals surface area (Å²) in [4.78, 5) is 27.8. The molecule has 0 saturated carbocycles. The molecule has 0 N–H and O–H groups in total. The van der Waals surface area contributed by atoms with Gasteiger partial charge in [-0.3, -0.25) is 9.69 Å². The summed E-state index contributed by atoms with van der Waals surface area (Å²) < 4.78 is 7.37. The second-order valence-corrected chi connectivity index (χ2v) is 7.80. The van der Waals surface area contributed by atoms with Crippen LogP contribution in [0.1, 0.15) is 47.1 Å². The number of carbonyl (C=O) groups is 2. The molecule has 1 aliphatic rings. The summed E-state index contributed by atoms with van der Waals surface area (Å²) >= 11 is 5.29. The Kier molecular flexibility index (Phi) is 6.41. The Hall–Kier alpha value is -2.93. The third-order valence-corrected chi connectivity index (χ3v) is 5.86. The SMILES string of the molecule is CCCCOC(=O)c1ccc(-n2c(C)cc(C=C3C(=O)N(C)C(=S)N3C)c2C)cc1. The van der Waals surface area contributed by atoms with E-state index in [0.29, 0.717) is 23.0 Å². The number of hydrogen-bond acceptors (Lipinski definition) is 4. The number of amides is 1. The number of esters is 1. The minimum Gasteiger partial charge on any atom is -0.462 e. The van der Waals surface area contributed by atoms with Crippen LogP contribution in [-0.4, -0.2) is 52.1 Å². The van der Waals surface area contributed by atoms with Gasteiger partial charge in [-0.05, 0) is 74.5 Å². The van der Waals surface area contributed by atoms with E-state index < -0.39 is 0 Å². The number of thiocarbonyl (C=S) groups is 1. The number of rotatable bonds is 6. The zero-order valence-corrected chi connectivity index (χ0v) is 18.9. The van der Waals surface area contributed by atoms with Crippen LogP contribution in [0.5, 0.6) is 0 Å². The van der Waals surface area contributed by atoms with Crippen molar-refractivity contribution in [3.8, 4) is 5.69 Å². The van der Waals surface area contributed by atoms with E-state index in [9.17, 15) is 9.59 Å². The molecule has 1 fully saturated rings. The molecule has 0 unspecified atom stereocenters. The predicted molar refractivity (Wildman–Crippen MR) is 122 cm³/mol. The van der Waals surface area contributed by atoms with Gasteiger partial charge in [-0.2, -0.15) is 0 Å². The first-order valence-electron chi connectivity index (χ1n) is 10.00. The molecule has 6 nitrogen and oxygen atoms in total. The second-order valence-electron chi connectivity index (χ2n) is 7.43. The molecule has 7 heteroatoms. The van der Waals surface area contributed by atoms with Crippen molar-refractivity contribution in [1.29, 1.82) is 0 Å². The average Bonchev–Trinajstić information content (AvgIpc) is 3.11. The van der Waals surface area contributed by atoms with Crippen LogP contribution in [0.2, 0.25) is 0 Å². The topological polar surface area (TPSA) is 54.8 Å². The summed E-state index contributed by atoms with van der Waals surface area (Å²) in [6, 6.07) is 9.41. The Morgan fingerprint density at radius 3 is 2.37 bits per heavy atom. The van der Waals surface area contributed by atoms with Gasteiger partial charge >= 0.3 is 5.97 Å². The van der Waals surface area contributed by atoms with Gasteiger partial charge in [0.2, 0.25) is 0 Å². The number of aromatic nitrogens is 1. The first-order chi connectivity index (χ1) is 14.3. The highest BCUT2D eigenvalue weighted by molar-refractivity contribution is 7.80. The third kappa shape index (κ3) is 4.03. The number of hydrogen-bond donors (Lipinski definition) is 0. The molecular weight excluding hydrogens is 398 g/mol. The number of likely N-dealkylation sites (N-methyl/N-ethyl adjacent to an activating group) is 2. The zero-order chi connectivity index (χ0) is 22.0. The molecule has 30 heavy (non-hydrogen) atoms. The van der Waals surface area contributed by atoms with Crippen molar-refractivity contribution in [3.05, 3.63) is 58.5 Å². The van der Waals surface area contributed by atoms with E-state index in [0.717, 1.165) is 35.5 Å². The van der Waals surface area contributed by atoms with Crippen LogP contribution in [0, 0.1) is 13.8 Å². The van der Waals surface area contributed by atoms with Gasteiger partial charge in [-0.1, -0.05) is 13.3 Å². The number of nitrogens with zero attached hydrogens (tertiary/aromatic N) is 3. The molecule has 2 heterocycles. The van der Waals surface area contributed by atoms with Gasteiger partial charge in [0.25, 0.3) is 5.91 Å². The van der Waals surface area contributed by atoms with Crippen molar-refractivity contribution in [2.24, 2.45) is 0 Å². The van der Waals surface area contributed by atoms with Crippen molar-refractivity contribution in [3.63, 3.8) is 0 Å². The number of carbonyl (C=O) groups excluding carboxylic acids is 2.